The molecule has 6 nitrogen and oxygen atoms in total. The number of benzene rings is 2. The number of H-pyrrole nitrogens is 1. The zero-order chi connectivity index (χ0) is 21.9. The first-order chi connectivity index (χ1) is 14.8. The minimum Gasteiger partial charge on any atom is -0.378 e. The molecule has 3 unspecified atom stereocenters. The van der Waals surface area contributed by atoms with Gasteiger partial charge in [0.2, 0.25) is 11.8 Å². The van der Waals surface area contributed by atoms with Crippen LogP contribution in [0.25, 0.3) is 0 Å². The summed E-state index contributed by atoms with van der Waals surface area (Å²) in [6, 6.07) is 13.1. The van der Waals surface area contributed by atoms with E-state index in [1.807, 2.05) is 43.3 Å². The third-order valence-corrected chi connectivity index (χ3v) is 8.08. The van der Waals surface area contributed by atoms with Gasteiger partial charge in [0.1, 0.15) is 11.1 Å². The second kappa shape index (κ2) is 7.35. The first-order valence-corrected chi connectivity index (χ1v) is 11.3. The average molecular weight is 456 g/mol. The zero-order valence-electron chi connectivity index (χ0n) is 16.7. The topological polar surface area (TPSA) is 73.5 Å². The quantitative estimate of drug-likeness (QED) is 0.613. The van der Waals surface area contributed by atoms with Crippen molar-refractivity contribution in [2.45, 2.75) is 16.2 Å². The highest BCUT2D eigenvalue weighted by Crippen LogP contribution is 2.53. The number of imide groups is 1. The Labute approximate surface area is 185 Å². The van der Waals surface area contributed by atoms with Crippen molar-refractivity contribution in [3.8, 4) is 0 Å². The van der Waals surface area contributed by atoms with E-state index in [2.05, 4.69) is 4.98 Å². The predicted octanol–water partition coefficient (Wildman–Crippen LogP) is 3.44. The largest absolute Gasteiger partial charge is 0.378 e. The van der Waals surface area contributed by atoms with Crippen molar-refractivity contribution >= 4 is 46.3 Å². The maximum Gasteiger partial charge on any atom is 0.305 e. The molecule has 158 valence electrons. The van der Waals surface area contributed by atoms with Crippen LogP contribution in [0.15, 0.2) is 58.4 Å². The highest BCUT2D eigenvalue weighted by Gasteiger charge is 2.56. The predicted molar refractivity (Wildman–Crippen MR) is 120 cm³/mol. The van der Waals surface area contributed by atoms with E-state index in [9.17, 15) is 18.8 Å². The number of nitrogens with zero attached hydrogens (tertiary/aromatic N) is 2. The van der Waals surface area contributed by atoms with E-state index in [0.29, 0.717) is 10.7 Å². The smallest absolute Gasteiger partial charge is 0.305 e. The summed E-state index contributed by atoms with van der Waals surface area (Å²) in [4.78, 5) is 45.4. The Morgan fingerprint density at radius 1 is 0.968 bits per heavy atom. The van der Waals surface area contributed by atoms with Crippen LogP contribution in [0.4, 0.5) is 15.8 Å². The van der Waals surface area contributed by atoms with Crippen LogP contribution >= 0.6 is 23.1 Å². The molecule has 9 heteroatoms. The number of halogens is 1. The van der Waals surface area contributed by atoms with Crippen LogP contribution in [0.1, 0.15) is 16.4 Å². The van der Waals surface area contributed by atoms with E-state index in [-0.39, 0.29) is 16.7 Å². The van der Waals surface area contributed by atoms with Crippen molar-refractivity contribution < 1.29 is 14.0 Å². The van der Waals surface area contributed by atoms with Crippen molar-refractivity contribution in [2.75, 3.05) is 23.9 Å². The molecule has 1 fully saturated rings. The lowest BCUT2D eigenvalue weighted by Gasteiger charge is -2.30. The molecule has 31 heavy (non-hydrogen) atoms. The SMILES string of the molecule is CN(C)c1ccc(C2c3sc(=O)[nH]c3SC3C(=O)N(c4ccc(F)cc4)C(=O)C32)cc1. The highest BCUT2D eigenvalue weighted by atomic mass is 32.2. The molecule has 3 heterocycles. The maximum absolute atomic E-state index is 13.5. The molecule has 0 spiro atoms. The fourth-order valence-corrected chi connectivity index (χ4v) is 6.72. The molecule has 0 saturated carbocycles. The van der Waals surface area contributed by atoms with Gasteiger partial charge < -0.3 is 9.88 Å². The van der Waals surface area contributed by atoms with E-state index >= 15 is 0 Å². The van der Waals surface area contributed by atoms with Gasteiger partial charge in [0.15, 0.2) is 0 Å². The number of carbonyl (C=O) groups is 2. The fraction of sp³-hybridized carbons (Fsp3) is 0.227. The number of amides is 2. The van der Waals surface area contributed by atoms with E-state index in [1.54, 1.807) is 0 Å². The van der Waals surface area contributed by atoms with Gasteiger partial charge in [0.05, 0.1) is 16.6 Å². The van der Waals surface area contributed by atoms with Crippen LogP contribution in [0.2, 0.25) is 0 Å². The third kappa shape index (κ3) is 3.19. The molecular weight excluding hydrogens is 437 g/mol. The number of aromatic nitrogens is 1. The Bertz CT molecular complexity index is 1230. The number of aromatic amines is 1. The standard InChI is InChI=1S/C22H18FN3O3S2/c1-25(2)13-7-3-11(4-8-13)15-16-18(30-19-17(15)31-22(29)24-19)21(28)26(20(16)27)14-9-5-12(23)6-10-14/h3-10,15-16,18H,1-2H3,(H,24,29). The van der Waals surface area contributed by atoms with Crippen molar-refractivity contribution in [1.29, 1.82) is 0 Å². The van der Waals surface area contributed by atoms with E-state index in [1.165, 1.54) is 36.0 Å². The number of rotatable bonds is 3. The van der Waals surface area contributed by atoms with Gasteiger partial charge in [-0.1, -0.05) is 35.2 Å². The molecule has 3 atom stereocenters. The summed E-state index contributed by atoms with van der Waals surface area (Å²) in [6.45, 7) is 0. The second-order valence-electron chi connectivity index (χ2n) is 7.72. The van der Waals surface area contributed by atoms with Gasteiger partial charge >= 0.3 is 4.87 Å². The normalized spacial score (nSPS) is 22.4. The third-order valence-electron chi connectivity index (χ3n) is 5.68. The number of thiazole rings is 1. The summed E-state index contributed by atoms with van der Waals surface area (Å²) in [6.07, 6.45) is 0. The summed E-state index contributed by atoms with van der Waals surface area (Å²) >= 11 is 2.31. The molecule has 0 aliphatic carbocycles. The molecule has 5 rings (SSSR count). The molecule has 0 bridgehead atoms. The molecule has 2 aliphatic heterocycles. The van der Waals surface area contributed by atoms with Crippen molar-refractivity contribution in [2.24, 2.45) is 5.92 Å². The van der Waals surface area contributed by atoms with Gasteiger partial charge in [-0.25, -0.2) is 9.29 Å². The molecule has 0 radical (unpaired) electrons. The minimum absolute atomic E-state index is 0.206. The lowest BCUT2D eigenvalue weighted by atomic mass is 9.83. The van der Waals surface area contributed by atoms with Gasteiger partial charge in [0, 0.05) is 30.6 Å². The number of hydrogen-bond donors (Lipinski definition) is 1. The molecule has 2 amide bonds. The van der Waals surface area contributed by atoms with Gasteiger partial charge in [0.25, 0.3) is 0 Å². The minimum atomic E-state index is -0.658. The average Bonchev–Trinajstić information content (AvgIpc) is 3.24. The Balaban J connectivity index is 1.62. The summed E-state index contributed by atoms with van der Waals surface area (Å²) in [5.74, 6) is -2.18. The van der Waals surface area contributed by atoms with E-state index in [4.69, 9.17) is 0 Å². The van der Waals surface area contributed by atoms with Crippen LogP contribution < -0.4 is 14.7 Å². The van der Waals surface area contributed by atoms with Gasteiger partial charge in [-0.05, 0) is 42.0 Å². The molecule has 2 aliphatic rings. The number of carbonyl (C=O) groups excluding carboxylic acids is 2. The lowest BCUT2D eigenvalue weighted by Crippen LogP contribution is -2.32. The van der Waals surface area contributed by atoms with Gasteiger partial charge in [-0.15, -0.1) is 0 Å². The van der Waals surface area contributed by atoms with Crippen molar-refractivity contribution in [1.82, 2.24) is 4.98 Å². The number of thioether (sulfide) groups is 1. The Hall–Kier alpha value is -2.91. The van der Waals surface area contributed by atoms with E-state index < -0.39 is 22.9 Å². The summed E-state index contributed by atoms with van der Waals surface area (Å²) in [7, 11) is 3.89. The zero-order valence-corrected chi connectivity index (χ0v) is 18.3. The molecule has 1 saturated heterocycles. The van der Waals surface area contributed by atoms with E-state index in [0.717, 1.165) is 32.4 Å². The molecule has 1 N–H and O–H groups in total. The Kier molecular flexibility index (Phi) is 4.75. The van der Waals surface area contributed by atoms with Gasteiger partial charge in [-0.2, -0.15) is 0 Å². The fourth-order valence-electron chi connectivity index (χ4n) is 4.20. The lowest BCUT2D eigenvalue weighted by molar-refractivity contribution is -0.122. The van der Waals surface area contributed by atoms with Gasteiger partial charge in [-0.3, -0.25) is 14.4 Å². The second-order valence-corrected chi connectivity index (χ2v) is 9.89. The monoisotopic (exact) mass is 455 g/mol. The summed E-state index contributed by atoms with van der Waals surface area (Å²) in [5.41, 5.74) is 2.24. The van der Waals surface area contributed by atoms with Crippen molar-refractivity contribution in [3.05, 3.63) is 74.5 Å². The van der Waals surface area contributed by atoms with Crippen LogP contribution in [0.5, 0.6) is 0 Å². The first-order valence-electron chi connectivity index (χ1n) is 9.65. The van der Waals surface area contributed by atoms with Crippen LogP contribution in [0.3, 0.4) is 0 Å². The highest BCUT2D eigenvalue weighted by molar-refractivity contribution is 8.00. The Morgan fingerprint density at radius 3 is 2.29 bits per heavy atom. The van der Waals surface area contributed by atoms with Crippen LogP contribution in [-0.2, 0) is 9.59 Å². The number of nitrogens with one attached hydrogen (secondary N) is 1. The molecule has 3 aromatic rings. The Morgan fingerprint density at radius 2 is 1.65 bits per heavy atom. The molecule has 2 aromatic carbocycles. The molecule has 1 aromatic heterocycles. The number of fused-ring (bicyclic) bond motifs is 2. The maximum atomic E-state index is 13.5. The molecular formula is C22H18FN3O3S2. The van der Waals surface area contributed by atoms with Crippen molar-refractivity contribution in [3.63, 3.8) is 0 Å². The number of anilines is 2. The summed E-state index contributed by atoms with van der Waals surface area (Å²) < 4.78 is 13.4. The number of hydrogen-bond acceptors (Lipinski definition) is 6. The van der Waals surface area contributed by atoms with Crippen LogP contribution in [0, 0.1) is 11.7 Å². The first kappa shape index (κ1) is 20.0. The summed E-state index contributed by atoms with van der Waals surface area (Å²) in [5, 5.41) is -0.0196. The van der Waals surface area contributed by atoms with Crippen LogP contribution in [-0.4, -0.2) is 36.1 Å².